The van der Waals surface area contributed by atoms with Gasteiger partial charge in [-0.05, 0) is 62.8 Å². The molecule has 1 saturated heterocycles. The number of carboxylic acid groups (broad SMARTS) is 1. The van der Waals surface area contributed by atoms with Crippen LogP contribution in [-0.2, 0) is 14.3 Å². The largest absolute Gasteiger partial charge is 0.481 e. The summed E-state index contributed by atoms with van der Waals surface area (Å²) in [5.74, 6) is -1.37. The zero-order valence-electron chi connectivity index (χ0n) is 20.8. The first-order valence-electron chi connectivity index (χ1n) is 12.2. The van der Waals surface area contributed by atoms with Crippen LogP contribution in [0.4, 0.5) is 4.79 Å². The van der Waals surface area contributed by atoms with E-state index >= 15 is 0 Å². The van der Waals surface area contributed by atoms with Crippen LogP contribution < -0.4 is 5.32 Å². The summed E-state index contributed by atoms with van der Waals surface area (Å²) in [6.45, 7) is 8.25. The van der Waals surface area contributed by atoms with Crippen LogP contribution >= 0.6 is 0 Å². The summed E-state index contributed by atoms with van der Waals surface area (Å²) in [6, 6.07) is 16.3. The molecule has 7 heteroatoms. The molecule has 186 valence electrons. The number of benzene rings is 2. The molecular weight excluding hydrogens is 444 g/mol. The lowest BCUT2D eigenvalue weighted by Gasteiger charge is -2.44. The summed E-state index contributed by atoms with van der Waals surface area (Å²) in [5, 5.41) is 12.1. The Kier molecular flexibility index (Phi) is 6.62. The molecule has 0 aromatic heterocycles. The Balaban J connectivity index is 1.39. The van der Waals surface area contributed by atoms with Gasteiger partial charge in [-0.3, -0.25) is 9.59 Å². The molecule has 7 nitrogen and oxygen atoms in total. The molecule has 2 aromatic rings. The Hall–Kier alpha value is -3.35. The SMILES string of the molecule is CC(C)(NC(=O)OCC1c2ccccc2-c2ccccc21)C(C)(C)C(=O)N1CCC(C(=O)O)CC1. The van der Waals surface area contributed by atoms with E-state index in [1.54, 1.807) is 4.90 Å². The van der Waals surface area contributed by atoms with Crippen molar-refractivity contribution in [3.63, 3.8) is 0 Å². The minimum atomic E-state index is -0.922. The number of rotatable bonds is 6. The molecule has 0 spiro atoms. The average Bonchev–Trinajstić information content (AvgIpc) is 3.15. The third-order valence-electron chi connectivity index (χ3n) is 7.99. The van der Waals surface area contributed by atoms with Crippen LogP contribution in [0, 0.1) is 11.3 Å². The highest BCUT2D eigenvalue weighted by atomic mass is 16.5. The minimum absolute atomic E-state index is 0.0403. The Morgan fingerprint density at radius 3 is 1.97 bits per heavy atom. The quantitative estimate of drug-likeness (QED) is 0.630. The van der Waals surface area contributed by atoms with E-state index in [9.17, 15) is 19.5 Å². The molecule has 1 heterocycles. The maximum atomic E-state index is 13.4. The highest BCUT2D eigenvalue weighted by Crippen LogP contribution is 2.44. The number of likely N-dealkylation sites (tertiary alicyclic amines) is 1. The highest BCUT2D eigenvalue weighted by molar-refractivity contribution is 5.85. The minimum Gasteiger partial charge on any atom is -0.481 e. The van der Waals surface area contributed by atoms with E-state index in [0.717, 1.165) is 22.3 Å². The van der Waals surface area contributed by atoms with E-state index < -0.39 is 28.9 Å². The number of hydrogen-bond donors (Lipinski definition) is 2. The number of carboxylic acids is 1. The van der Waals surface area contributed by atoms with Crippen molar-refractivity contribution in [3.8, 4) is 11.1 Å². The van der Waals surface area contributed by atoms with Crippen molar-refractivity contribution in [2.45, 2.75) is 52.0 Å². The zero-order chi connectivity index (χ0) is 25.4. The van der Waals surface area contributed by atoms with E-state index in [1.165, 1.54) is 0 Å². The van der Waals surface area contributed by atoms with Gasteiger partial charge in [0.2, 0.25) is 5.91 Å². The number of piperidine rings is 1. The fraction of sp³-hybridized carbons (Fsp3) is 0.464. The summed E-state index contributed by atoms with van der Waals surface area (Å²) < 4.78 is 5.70. The summed E-state index contributed by atoms with van der Waals surface area (Å²) in [5.41, 5.74) is 2.79. The number of hydrogen-bond acceptors (Lipinski definition) is 4. The molecule has 0 bridgehead atoms. The van der Waals surface area contributed by atoms with Gasteiger partial charge >= 0.3 is 12.1 Å². The Morgan fingerprint density at radius 2 is 1.46 bits per heavy atom. The maximum absolute atomic E-state index is 13.4. The van der Waals surface area contributed by atoms with Gasteiger partial charge in [-0.25, -0.2) is 4.79 Å². The first-order valence-corrected chi connectivity index (χ1v) is 12.2. The second-order valence-corrected chi connectivity index (χ2v) is 10.6. The molecule has 0 radical (unpaired) electrons. The highest BCUT2D eigenvalue weighted by Gasteiger charge is 2.47. The average molecular weight is 479 g/mol. The normalized spacial score (nSPS) is 16.4. The molecule has 2 aliphatic rings. The molecule has 0 atom stereocenters. The van der Waals surface area contributed by atoms with Gasteiger partial charge in [-0.1, -0.05) is 48.5 Å². The number of carbonyl (C=O) groups excluding carboxylic acids is 2. The van der Waals surface area contributed by atoms with Crippen LogP contribution in [0.5, 0.6) is 0 Å². The topological polar surface area (TPSA) is 95.9 Å². The fourth-order valence-corrected chi connectivity index (χ4v) is 5.04. The van der Waals surface area contributed by atoms with Crippen molar-refractivity contribution >= 4 is 18.0 Å². The molecule has 4 rings (SSSR count). The molecule has 1 fully saturated rings. The molecule has 1 aliphatic heterocycles. The van der Waals surface area contributed by atoms with E-state index in [1.807, 2.05) is 52.0 Å². The van der Waals surface area contributed by atoms with E-state index in [-0.39, 0.29) is 18.4 Å². The van der Waals surface area contributed by atoms with Crippen molar-refractivity contribution in [2.24, 2.45) is 11.3 Å². The molecule has 2 amide bonds. The zero-order valence-corrected chi connectivity index (χ0v) is 20.8. The van der Waals surface area contributed by atoms with Crippen molar-refractivity contribution in [1.82, 2.24) is 10.2 Å². The van der Waals surface area contributed by atoms with Gasteiger partial charge in [-0.2, -0.15) is 0 Å². The monoisotopic (exact) mass is 478 g/mol. The molecular formula is C28H34N2O5. The van der Waals surface area contributed by atoms with Gasteiger partial charge in [0.25, 0.3) is 0 Å². The molecule has 0 saturated carbocycles. The second-order valence-electron chi connectivity index (χ2n) is 10.6. The summed E-state index contributed by atoms with van der Waals surface area (Å²) in [4.78, 5) is 39.2. The van der Waals surface area contributed by atoms with Crippen LogP contribution in [0.3, 0.4) is 0 Å². The Morgan fingerprint density at radius 1 is 0.943 bits per heavy atom. The smallest absolute Gasteiger partial charge is 0.407 e. The molecule has 35 heavy (non-hydrogen) atoms. The number of ether oxygens (including phenoxy) is 1. The fourth-order valence-electron chi connectivity index (χ4n) is 5.04. The van der Waals surface area contributed by atoms with E-state index in [4.69, 9.17) is 4.74 Å². The predicted octanol–water partition coefficient (Wildman–Crippen LogP) is 4.65. The van der Waals surface area contributed by atoms with Gasteiger partial charge in [0.15, 0.2) is 0 Å². The maximum Gasteiger partial charge on any atom is 0.407 e. The van der Waals surface area contributed by atoms with E-state index in [0.29, 0.717) is 25.9 Å². The number of aliphatic carboxylic acids is 1. The van der Waals surface area contributed by atoms with Crippen LogP contribution in [0.15, 0.2) is 48.5 Å². The third kappa shape index (κ3) is 4.64. The first kappa shape index (κ1) is 24.8. The third-order valence-corrected chi connectivity index (χ3v) is 7.99. The van der Waals surface area contributed by atoms with Gasteiger partial charge in [0.05, 0.1) is 16.9 Å². The number of nitrogens with zero attached hydrogens (tertiary/aromatic N) is 1. The summed E-state index contributed by atoms with van der Waals surface area (Å²) >= 11 is 0. The molecule has 2 N–H and O–H groups in total. The lowest BCUT2D eigenvalue weighted by molar-refractivity contribution is -0.150. The van der Waals surface area contributed by atoms with Crippen LogP contribution in [-0.4, -0.2) is 53.2 Å². The number of amides is 2. The van der Waals surface area contributed by atoms with Crippen LogP contribution in [0.2, 0.25) is 0 Å². The first-order chi connectivity index (χ1) is 16.5. The van der Waals surface area contributed by atoms with Gasteiger partial charge in [-0.15, -0.1) is 0 Å². The molecule has 2 aromatic carbocycles. The number of alkyl carbamates (subject to hydrolysis) is 1. The lowest BCUT2D eigenvalue weighted by atomic mass is 9.73. The van der Waals surface area contributed by atoms with Gasteiger partial charge in [0, 0.05) is 19.0 Å². The van der Waals surface area contributed by atoms with Gasteiger partial charge in [0.1, 0.15) is 6.61 Å². The van der Waals surface area contributed by atoms with Crippen molar-refractivity contribution < 1.29 is 24.2 Å². The van der Waals surface area contributed by atoms with Crippen molar-refractivity contribution in [2.75, 3.05) is 19.7 Å². The predicted molar refractivity (Wildman–Crippen MR) is 133 cm³/mol. The van der Waals surface area contributed by atoms with Crippen molar-refractivity contribution in [3.05, 3.63) is 59.7 Å². The summed E-state index contributed by atoms with van der Waals surface area (Å²) in [7, 11) is 0. The Bertz CT molecular complexity index is 1090. The second kappa shape index (κ2) is 9.36. The summed E-state index contributed by atoms with van der Waals surface area (Å²) in [6.07, 6.45) is 0.316. The number of nitrogens with one attached hydrogen (secondary N) is 1. The van der Waals surface area contributed by atoms with Crippen LogP contribution in [0.25, 0.3) is 11.1 Å². The molecule has 0 unspecified atom stereocenters. The van der Waals surface area contributed by atoms with Gasteiger partial charge < -0.3 is 20.1 Å². The number of carbonyl (C=O) groups is 3. The lowest BCUT2D eigenvalue weighted by Crippen LogP contribution is -2.61. The van der Waals surface area contributed by atoms with Crippen LogP contribution in [0.1, 0.15) is 57.6 Å². The van der Waals surface area contributed by atoms with Crippen molar-refractivity contribution in [1.29, 1.82) is 0 Å². The molecule has 1 aliphatic carbocycles. The standard InChI is InChI=1S/C28H34N2O5/c1-27(2,25(33)30-15-13-18(14-16-30)24(31)32)28(3,4)29-26(34)35-17-23-21-11-7-5-9-19(21)20-10-6-8-12-22(20)23/h5-12,18,23H,13-17H2,1-4H3,(H,29,34)(H,31,32). The Labute approximate surface area is 206 Å². The number of fused-ring (bicyclic) bond motifs is 3. The van der Waals surface area contributed by atoms with E-state index in [2.05, 4.69) is 29.6 Å².